The van der Waals surface area contributed by atoms with Crippen molar-refractivity contribution in [1.29, 1.82) is 0 Å². The number of fused-ring (bicyclic) bond motifs is 1. The molecule has 1 amide bonds. The van der Waals surface area contributed by atoms with Crippen LogP contribution >= 0.6 is 0 Å². The number of ether oxygens (including phenoxy) is 2. The molecule has 9 heteroatoms. The Morgan fingerprint density at radius 1 is 1.07 bits per heavy atom. The summed E-state index contributed by atoms with van der Waals surface area (Å²) < 4.78 is 36.8. The van der Waals surface area contributed by atoms with Crippen LogP contribution < -0.4 is 10.1 Å². The van der Waals surface area contributed by atoms with Gasteiger partial charge in [0.2, 0.25) is 15.9 Å². The second-order valence-corrected chi connectivity index (χ2v) is 7.80. The van der Waals surface area contributed by atoms with Gasteiger partial charge in [-0.05, 0) is 48.0 Å². The summed E-state index contributed by atoms with van der Waals surface area (Å²) in [6.07, 6.45) is 0. The molecule has 0 bridgehead atoms. The summed E-state index contributed by atoms with van der Waals surface area (Å²) in [6.45, 7) is -0.399. The topological polar surface area (TPSA) is 102 Å². The average molecular weight is 390 g/mol. The van der Waals surface area contributed by atoms with Gasteiger partial charge in [0.15, 0.2) is 0 Å². The van der Waals surface area contributed by atoms with Gasteiger partial charge in [0.25, 0.3) is 0 Å². The first-order valence-electron chi connectivity index (χ1n) is 8.00. The van der Waals surface area contributed by atoms with Crippen molar-refractivity contribution in [3.05, 3.63) is 53.6 Å². The number of nitrogens with one attached hydrogen (secondary N) is 1. The van der Waals surface area contributed by atoms with E-state index in [1.807, 2.05) is 0 Å². The second kappa shape index (κ2) is 7.37. The smallest absolute Gasteiger partial charge is 0.337 e. The summed E-state index contributed by atoms with van der Waals surface area (Å²) in [4.78, 5) is 24.0. The predicted molar refractivity (Wildman–Crippen MR) is 97.0 cm³/mol. The summed E-state index contributed by atoms with van der Waals surface area (Å²) in [5.74, 6) is -0.481. The number of anilines is 1. The minimum Gasteiger partial charge on any atom is -0.497 e. The molecule has 1 aliphatic rings. The first-order valence-corrected chi connectivity index (χ1v) is 9.44. The number of amides is 1. The van der Waals surface area contributed by atoms with Crippen LogP contribution in [0.5, 0.6) is 5.75 Å². The molecule has 1 N–H and O–H groups in total. The molecule has 0 unspecified atom stereocenters. The van der Waals surface area contributed by atoms with Gasteiger partial charge in [-0.25, -0.2) is 13.2 Å². The lowest BCUT2D eigenvalue weighted by atomic mass is 10.1. The third-order valence-electron chi connectivity index (χ3n) is 4.16. The zero-order valence-electron chi connectivity index (χ0n) is 14.8. The molecule has 2 aromatic carbocycles. The molecule has 2 aromatic rings. The van der Waals surface area contributed by atoms with E-state index in [1.165, 1.54) is 50.6 Å². The fraction of sp³-hybridized carbons (Fsp3) is 0.222. The van der Waals surface area contributed by atoms with Crippen LogP contribution in [0.3, 0.4) is 0 Å². The molecule has 0 radical (unpaired) electrons. The molecule has 0 aliphatic carbocycles. The highest BCUT2D eigenvalue weighted by molar-refractivity contribution is 7.89. The highest BCUT2D eigenvalue weighted by Gasteiger charge is 2.30. The molecule has 142 valence electrons. The number of hydrogen-bond acceptors (Lipinski definition) is 6. The van der Waals surface area contributed by atoms with Crippen molar-refractivity contribution in [3.8, 4) is 5.75 Å². The van der Waals surface area contributed by atoms with Crippen LogP contribution in [0.1, 0.15) is 15.9 Å². The van der Waals surface area contributed by atoms with Crippen LogP contribution in [0.2, 0.25) is 0 Å². The fourth-order valence-electron chi connectivity index (χ4n) is 2.75. The van der Waals surface area contributed by atoms with E-state index in [9.17, 15) is 18.0 Å². The van der Waals surface area contributed by atoms with Gasteiger partial charge in [-0.15, -0.1) is 0 Å². The van der Waals surface area contributed by atoms with E-state index in [4.69, 9.17) is 9.47 Å². The minimum absolute atomic E-state index is 0.0451. The molecule has 0 saturated heterocycles. The molecule has 0 spiro atoms. The van der Waals surface area contributed by atoms with Crippen molar-refractivity contribution < 1.29 is 27.5 Å². The van der Waals surface area contributed by atoms with Gasteiger partial charge in [-0.2, -0.15) is 4.31 Å². The Balaban J connectivity index is 1.98. The Morgan fingerprint density at radius 3 is 2.41 bits per heavy atom. The zero-order chi connectivity index (χ0) is 19.6. The molecule has 27 heavy (non-hydrogen) atoms. The van der Waals surface area contributed by atoms with E-state index in [2.05, 4.69) is 5.32 Å². The SMILES string of the molecule is COC(=O)c1ccc2c(c1)CN(S(=O)(=O)c1ccc(OC)cc1)CC(=O)N2. The number of benzene rings is 2. The van der Waals surface area contributed by atoms with Crippen LogP contribution in [0.15, 0.2) is 47.4 Å². The summed E-state index contributed by atoms with van der Waals surface area (Å²) in [5.41, 5.74) is 1.23. The maximum Gasteiger partial charge on any atom is 0.337 e. The van der Waals surface area contributed by atoms with Gasteiger partial charge in [-0.3, -0.25) is 4.79 Å². The molecule has 0 saturated carbocycles. The Morgan fingerprint density at radius 2 is 1.78 bits per heavy atom. The first-order chi connectivity index (χ1) is 12.8. The standard InChI is InChI=1S/C18H18N2O6S/c1-25-14-4-6-15(7-5-14)27(23,24)20-10-13-9-12(18(22)26-2)3-8-16(13)19-17(21)11-20/h3-9H,10-11H2,1-2H3,(H,19,21). The Kier molecular flexibility index (Phi) is 5.15. The minimum atomic E-state index is -3.92. The van der Waals surface area contributed by atoms with Gasteiger partial charge in [0.05, 0.1) is 31.2 Å². The number of carbonyl (C=O) groups is 2. The van der Waals surface area contributed by atoms with Gasteiger partial charge in [0.1, 0.15) is 5.75 Å². The number of esters is 1. The highest BCUT2D eigenvalue weighted by Crippen LogP contribution is 2.27. The summed E-state index contributed by atoms with van der Waals surface area (Å²) >= 11 is 0. The molecule has 0 aromatic heterocycles. The summed E-state index contributed by atoms with van der Waals surface area (Å²) in [6, 6.07) is 10.5. The normalized spacial score (nSPS) is 14.7. The summed E-state index contributed by atoms with van der Waals surface area (Å²) in [7, 11) is -1.18. The van der Waals surface area contributed by atoms with E-state index in [1.54, 1.807) is 6.07 Å². The first kappa shape index (κ1) is 18.9. The van der Waals surface area contributed by atoms with Crippen molar-refractivity contribution in [2.45, 2.75) is 11.4 Å². The Hall–Kier alpha value is -2.91. The lowest BCUT2D eigenvalue weighted by Crippen LogP contribution is -2.35. The maximum absolute atomic E-state index is 13.0. The number of carbonyl (C=O) groups excluding carboxylic acids is 2. The van der Waals surface area contributed by atoms with Gasteiger partial charge < -0.3 is 14.8 Å². The largest absolute Gasteiger partial charge is 0.497 e. The average Bonchev–Trinajstić information content (AvgIpc) is 2.85. The predicted octanol–water partition coefficient (Wildman–Crippen LogP) is 1.62. The molecule has 8 nitrogen and oxygen atoms in total. The fourth-order valence-corrected chi connectivity index (χ4v) is 4.13. The van der Waals surface area contributed by atoms with Crippen molar-refractivity contribution in [1.82, 2.24) is 4.31 Å². The molecule has 0 fully saturated rings. The third-order valence-corrected chi connectivity index (χ3v) is 5.97. The second-order valence-electron chi connectivity index (χ2n) is 5.86. The molecular formula is C18H18N2O6S. The molecule has 3 rings (SSSR count). The molecular weight excluding hydrogens is 372 g/mol. The number of rotatable bonds is 4. The molecule has 0 atom stereocenters. The lowest BCUT2D eigenvalue weighted by Gasteiger charge is -2.19. The van der Waals surface area contributed by atoms with E-state index in [0.717, 1.165) is 4.31 Å². The van der Waals surface area contributed by atoms with Crippen molar-refractivity contribution >= 4 is 27.6 Å². The Bertz CT molecular complexity index is 985. The van der Waals surface area contributed by atoms with Crippen LogP contribution in [0, 0.1) is 0 Å². The quantitative estimate of drug-likeness (QED) is 0.796. The number of hydrogen-bond donors (Lipinski definition) is 1. The van der Waals surface area contributed by atoms with Crippen molar-refractivity contribution in [2.75, 3.05) is 26.1 Å². The third kappa shape index (κ3) is 3.79. The van der Waals surface area contributed by atoms with Crippen LogP contribution in [-0.2, 0) is 26.1 Å². The van der Waals surface area contributed by atoms with Crippen molar-refractivity contribution in [2.24, 2.45) is 0 Å². The maximum atomic E-state index is 13.0. The number of nitrogens with zero attached hydrogens (tertiary/aromatic N) is 1. The lowest BCUT2D eigenvalue weighted by molar-refractivity contribution is -0.116. The Labute approximate surface area is 156 Å². The van der Waals surface area contributed by atoms with E-state index >= 15 is 0 Å². The van der Waals surface area contributed by atoms with Crippen LogP contribution in [0.4, 0.5) is 5.69 Å². The van der Waals surface area contributed by atoms with Gasteiger partial charge in [-0.1, -0.05) is 0 Å². The van der Waals surface area contributed by atoms with E-state index < -0.39 is 21.9 Å². The van der Waals surface area contributed by atoms with Gasteiger partial charge in [0, 0.05) is 12.2 Å². The number of methoxy groups -OCH3 is 2. The van der Waals surface area contributed by atoms with Crippen LogP contribution in [0.25, 0.3) is 0 Å². The molecule has 1 aliphatic heterocycles. The monoisotopic (exact) mass is 390 g/mol. The van der Waals surface area contributed by atoms with E-state index in [0.29, 0.717) is 17.0 Å². The van der Waals surface area contributed by atoms with Gasteiger partial charge >= 0.3 is 5.97 Å². The van der Waals surface area contributed by atoms with Crippen LogP contribution in [-0.4, -0.2) is 45.4 Å². The van der Waals surface area contributed by atoms with E-state index in [-0.39, 0.29) is 23.5 Å². The molecule has 1 heterocycles. The summed E-state index contributed by atoms with van der Waals surface area (Å²) in [5, 5.41) is 2.66. The highest BCUT2D eigenvalue weighted by atomic mass is 32.2. The number of sulfonamides is 1. The zero-order valence-corrected chi connectivity index (χ0v) is 15.6. The van der Waals surface area contributed by atoms with Crippen molar-refractivity contribution in [3.63, 3.8) is 0 Å².